The molecule has 4 aromatic rings. The first kappa shape index (κ1) is 27.8. The molecular formula is C28H32N8O6. The Morgan fingerprint density at radius 3 is 2.88 bits per heavy atom. The highest BCUT2D eigenvalue weighted by Crippen LogP contribution is 2.33. The van der Waals surface area contributed by atoms with E-state index in [1.165, 1.54) is 25.8 Å². The summed E-state index contributed by atoms with van der Waals surface area (Å²) in [6.45, 7) is 1.59. The van der Waals surface area contributed by atoms with Gasteiger partial charge in [-0.1, -0.05) is 12.1 Å². The molecule has 0 saturated carbocycles. The largest absolute Gasteiger partial charge is 0.496 e. The average molecular weight is 577 g/mol. The normalized spacial score (nSPS) is 22.3. The Kier molecular flexibility index (Phi) is 7.82. The zero-order valence-electron chi connectivity index (χ0n) is 23.0. The number of likely N-dealkylation sites (tertiary alicyclic amines) is 1. The predicted octanol–water partition coefficient (Wildman–Crippen LogP) is 0.857. The summed E-state index contributed by atoms with van der Waals surface area (Å²) in [6, 6.07) is 7.88. The van der Waals surface area contributed by atoms with E-state index in [1.54, 1.807) is 10.6 Å². The third kappa shape index (κ3) is 5.19. The van der Waals surface area contributed by atoms with E-state index in [4.69, 9.17) is 9.47 Å². The number of para-hydroxylation sites is 1. The van der Waals surface area contributed by atoms with E-state index in [-0.39, 0.29) is 11.6 Å². The number of nitrogens with zero attached hydrogens (tertiary/aromatic N) is 6. The highest BCUT2D eigenvalue weighted by molar-refractivity contribution is 5.97. The second-order valence-corrected chi connectivity index (χ2v) is 10.3. The fourth-order valence-electron chi connectivity index (χ4n) is 5.53. The smallest absolute Gasteiger partial charge is 0.270 e. The van der Waals surface area contributed by atoms with Crippen LogP contribution in [0.5, 0.6) is 5.75 Å². The van der Waals surface area contributed by atoms with Gasteiger partial charge in [-0.3, -0.25) is 14.2 Å². The van der Waals surface area contributed by atoms with Crippen LogP contribution in [-0.4, -0.2) is 103 Å². The summed E-state index contributed by atoms with van der Waals surface area (Å²) in [4.78, 5) is 44.8. The molecule has 2 aliphatic rings. The lowest BCUT2D eigenvalue weighted by Gasteiger charge is -2.23. The molecule has 0 radical (unpaired) electrons. The van der Waals surface area contributed by atoms with Gasteiger partial charge in [0, 0.05) is 37.5 Å². The number of pyridine rings is 1. The number of imidazole rings is 1. The van der Waals surface area contributed by atoms with E-state index in [0.717, 1.165) is 24.8 Å². The van der Waals surface area contributed by atoms with Crippen molar-refractivity contribution in [2.24, 2.45) is 0 Å². The molecule has 2 fully saturated rings. The number of hydrogen-bond acceptors (Lipinski definition) is 11. The molecule has 0 spiro atoms. The molecular weight excluding hydrogens is 544 g/mol. The molecule has 220 valence electrons. The lowest BCUT2D eigenvalue weighted by molar-refractivity contribution is -0.127. The van der Waals surface area contributed by atoms with Crippen LogP contribution in [0.1, 0.15) is 36.0 Å². The number of methoxy groups -OCH3 is 1. The van der Waals surface area contributed by atoms with Crippen LogP contribution in [0.4, 0.5) is 5.82 Å². The predicted molar refractivity (Wildman–Crippen MR) is 151 cm³/mol. The first-order valence-corrected chi connectivity index (χ1v) is 13.9. The number of carbonyl (C=O) groups excluding carboxylic acids is 2. The number of rotatable bonds is 10. The molecule has 0 aliphatic carbocycles. The molecule has 2 aliphatic heterocycles. The van der Waals surface area contributed by atoms with Crippen LogP contribution in [0.3, 0.4) is 0 Å². The molecule has 4 atom stereocenters. The number of amides is 2. The fourth-order valence-corrected chi connectivity index (χ4v) is 5.53. The van der Waals surface area contributed by atoms with E-state index in [9.17, 15) is 19.8 Å². The number of ether oxygens (including phenoxy) is 2. The third-order valence-corrected chi connectivity index (χ3v) is 7.68. The van der Waals surface area contributed by atoms with Crippen molar-refractivity contribution < 1.29 is 29.3 Å². The number of nitrogens with one attached hydrogen (secondary N) is 2. The number of aromatic nitrogens is 5. The van der Waals surface area contributed by atoms with Crippen LogP contribution in [0, 0.1) is 0 Å². The summed E-state index contributed by atoms with van der Waals surface area (Å²) in [5, 5.41) is 27.7. The first-order chi connectivity index (χ1) is 20.5. The van der Waals surface area contributed by atoms with Gasteiger partial charge in [0.15, 0.2) is 23.2 Å². The Labute approximate surface area is 240 Å². The van der Waals surface area contributed by atoms with Gasteiger partial charge in [-0.15, -0.1) is 0 Å². The standard InChI is InChI=1S/C28H32N8O6/c1-41-19-12-18(33-17-7-3-2-6-16(17)19)27(40)34-22-24(39)20(13-37)42-28(22)36-15-32-23-25(30-14-31-26(23)36)29-9-5-11-35-10-4-8-21(35)38/h2-3,6-7,12,14-15,20,22,24,28,37,39H,4-5,8-11,13H2,1H3,(H,34,40)(H,29,30,31)/t20-,22-,24-,28-/m1/s1. The Morgan fingerprint density at radius 1 is 1.24 bits per heavy atom. The molecule has 2 amide bonds. The number of carbonyl (C=O) groups is 2. The first-order valence-electron chi connectivity index (χ1n) is 13.9. The van der Waals surface area contributed by atoms with Crippen molar-refractivity contribution in [2.45, 2.75) is 43.7 Å². The molecule has 6 rings (SSSR count). The van der Waals surface area contributed by atoms with Crippen LogP contribution in [0.25, 0.3) is 22.1 Å². The quantitative estimate of drug-likeness (QED) is 0.197. The number of fused-ring (bicyclic) bond motifs is 2. The van der Waals surface area contributed by atoms with Crippen LogP contribution in [0.2, 0.25) is 0 Å². The summed E-state index contributed by atoms with van der Waals surface area (Å²) in [6.07, 6.45) is 2.04. The van der Waals surface area contributed by atoms with Gasteiger partial charge in [0.2, 0.25) is 5.91 Å². The Hall–Kier alpha value is -4.40. The van der Waals surface area contributed by atoms with Crippen molar-refractivity contribution in [3.05, 3.63) is 48.7 Å². The van der Waals surface area contributed by atoms with Gasteiger partial charge in [-0.25, -0.2) is 19.9 Å². The maximum Gasteiger partial charge on any atom is 0.270 e. The van der Waals surface area contributed by atoms with E-state index >= 15 is 0 Å². The van der Waals surface area contributed by atoms with Crippen LogP contribution in [-0.2, 0) is 9.53 Å². The van der Waals surface area contributed by atoms with Gasteiger partial charge < -0.3 is 35.2 Å². The number of hydrogen-bond donors (Lipinski definition) is 4. The minimum atomic E-state index is -1.23. The van der Waals surface area contributed by atoms with Crippen molar-refractivity contribution in [2.75, 3.05) is 38.7 Å². The topological polar surface area (TPSA) is 177 Å². The molecule has 2 saturated heterocycles. The zero-order chi connectivity index (χ0) is 29.2. The average Bonchev–Trinajstić information content (AvgIpc) is 3.71. The number of anilines is 1. The van der Waals surface area contributed by atoms with Crippen molar-refractivity contribution in [1.29, 1.82) is 0 Å². The van der Waals surface area contributed by atoms with Gasteiger partial charge in [0.25, 0.3) is 5.91 Å². The Balaban J connectivity index is 1.22. The minimum Gasteiger partial charge on any atom is -0.496 e. The van der Waals surface area contributed by atoms with Crippen LogP contribution in [0.15, 0.2) is 43.0 Å². The van der Waals surface area contributed by atoms with E-state index < -0.39 is 37.0 Å². The van der Waals surface area contributed by atoms with Crippen LogP contribution < -0.4 is 15.4 Å². The molecule has 0 unspecified atom stereocenters. The highest BCUT2D eigenvalue weighted by Gasteiger charge is 2.46. The fraction of sp³-hybridized carbons (Fsp3) is 0.429. The van der Waals surface area contributed by atoms with Gasteiger partial charge >= 0.3 is 0 Å². The molecule has 0 bridgehead atoms. The summed E-state index contributed by atoms with van der Waals surface area (Å²) in [7, 11) is 1.52. The number of aliphatic hydroxyl groups excluding tert-OH is 2. The van der Waals surface area contributed by atoms with Gasteiger partial charge in [-0.05, 0) is 25.0 Å². The highest BCUT2D eigenvalue weighted by atomic mass is 16.5. The number of benzene rings is 1. The molecule has 14 nitrogen and oxygen atoms in total. The lowest BCUT2D eigenvalue weighted by atomic mass is 10.1. The third-order valence-electron chi connectivity index (χ3n) is 7.68. The molecule has 5 heterocycles. The Bertz CT molecular complexity index is 1610. The van der Waals surface area contributed by atoms with E-state index in [2.05, 4.69) is 30.6 Å². The van der Waals surface area contributed by atoms with E-state index in [0.29, 0.717) is 47.8 Å². The maximum atomic E-state index is 13.4. The second-order valence-electron chi connectivity index (χ2n) is 10.3. The monoisotopic (exact) mass is 576 g/mol. The van der Waals surface area contributed by atoms with Crippen molar-refractivity contribution in [3.8, 4) is 5.75 Å². The summed E-state index contributed by atoms with van der Waals surface area (Å²) in [5.41, 5.74) is 1.58. The van der Waals surface area contributed by atoms with Gasteiger partial charge in [0.05, 0.1) is 25.6 Å². The maximum absolute atomic E-state index is 13.4. The van der Waals surface area contributed by atoms with Crippen molar-refractivity contribution in [1.82, 2.24) is 34.7 Å². The van der Waals surface area contributed by atoms with Gasteiger partial charge in [-0.2, -0.15) is 0 Å². The summed E-state index contributed by atoms with van der Waals surface area (Å²) < 4.78 is 13.1. The molecule has 3 aromatic heterocycles. The molecule has 4 N–H and O–H groups in total. The number of aliphatic hydroxyl groups is 2. The van der Waals surface area contributed by atoms with Crippen molar-refractivity contribution >= 4 is 39.7 Å². The zero-order valence-corrected chi connectivity index (χ0v) is 23.0. The molecule has 42 heavy (non-hydrogen) atoms. The van der Waals surface area contributed by atoms with E-state index in [1.807, 2.05) is 23.1 Å². The Morgan fingerprint density at radius 2 is 2.10 bits per heavy atom. The molecule has 14 heteroatoms. The lowest BCUT2D eigenvalue weighted by Crippen LogP contribution is -2.47. The minimum absolute atomic E-state index is 0.101. The summed E-state index contributed by atoms with van der Waals surface area (Å²) in [5.74, 6) is 0.642. The SMILES string of the molecule is COc1cc(C(=O)N[C@@H]2[C@H](O)[C@@H](CO)O[C@H]2n2cnc3c(NCCCN4CCCC4=O)ncnc32)nc2ccccc12. The van der Waals surface area contributed by atoms with Gasteiger partial charge in [0.1, 0.15) is 36.0 Å². The van der Waals surface area contributed by atoms with Crippen LogP contribution >= 0.6 is 0 Å². The van der Waals surface area contributed by atoms with Crippen molar-refractivity contribution in [3.63, 3.8) is 0 Å². The summed E-state index contributed by atoms with van der Waals surface area (Å²) >= 11 is 0. The molecule has 1 aromatic carbocycles. The second kappa shape index (κ2) is 11.8.